The second-order valence-electron chi connectivity index (χ2n) is 6.76. The molecule has 0 aliphatic carbocycles. The maximum absolute atomic E-state index is 5.46. The number of methoxy groups -OCH3 is 2. The minimum Gasteiger partial charge on any atom is -0.493 e. The lowest BCUT2D eigenvalue weighted by atomic mass is 9.85. The van der Waals surface area contributed by atoms with Crippen LogP contribution in [0.5, 0.6) is 11.5 Å². The van der Waals surface area contributed by atoms with Crippen molar-refractivity contribution in [3.63, 3.8) is 0 Å². The fourth-order valence-corrected chi connectivity index (χ4v) is 3.42. The number of hydrogen-bond acceptors (Lipinski definition) is 6. The summed E-state index contributed by atoms with van der Waals surface area (Å²) in [6.45, 7) is 4.50. The van der Waals surface area contributed by atoms with Gasteiger partial charge in [-0.1, -0.05) is 18.1 Å². The summed E-state index contributed by atoms with van der Waals surface area (Å²) in [6, 6.07) is 5.84. The van der Waals surface area contributed by atoms with Gasteiger partial charge < -0.3 is 19.3 Å². The predicted octanol–water partition coefficient (Wildman–Crippen LogP) is 3.28. The van der Waals surface area contributed by atoms with Crippen LogP contribution in [0.25, 0.3) is 0 Å². The molecule has 0 bridgehead atoms. The first-order chi connectivity index (χ1) is 12.2. The van der Waals surface area contributed by atoms with Crippen molar-refractivity contribution in [1.82, 2.24) is 15.5 Å². The van der Waals surface area contributed by atoms with Crippen molar-refractivity contribution in [3.05, 3.63) is 35.5 Å². The van der Waals surface area contributed by atoms with Gasteiger partial charge in [0.15, 0.2) is 17.3 Å². The Morgan fingerprint density at radius 1 is 1.27 bits per heavy atom. The zero-order valence-electron chi connectivity index (χ0n) is 15.7. The Kier molecular flexibility index (Phi) is 7.72. The fourth-order valence-electron chi connectivity index (χ4n) is 3.42. The lowest BCUT2D eigenvalue weighted by Gasteiger charge is -2.27. The summed E-state index contributed by atoms with van der Waals surface area (Å²) in [6.07, 6.45) is 3.98. The number of ether oxygens (including phenoxy) is 2. The molecule has 0 amide bonds. The summed E-state index contributed by atoms with van der Waals surface area (Å²) < 4.78 is 16.1. The number of nitrogens with one attached hydrogen (secondary N) is 1. The molecule has 3 rings (SSSR count). The van der Waals surface area contributed by atoms with Crippen molar-refractivity contribution < 1.29 is 14.0 Å². The lowest BCUT2D eigenvalue weighted by Crippen LogP contribution is -2.33. The van der Waals surface area contributed by atoms with Crippen LogP contribution in [0.2, 0.25) is 0 Å². The van der Waals surface area contributed by atoms with Crippen molar-refractivity contribution in [3.8, 4) is 11.5 Å². The number of hydrogen-bond donors (Lipinski definition) is 1. The Morgan fingerprint density at radius 3 is 2.77 bits per heavy atom. The maximum atomic E-state index is 5.46. The van der Waals surface area contributed by atoms with E-state index in [9.17, 15) is 0 Å². The molecule has 0 spiro atoms. The lowest BCUT2D eigenvalue weighted by molar-refractivity contribution is 0.256. The molecular weight excluding hydrogens is 354 g/mol. The minimum atomic E-state index is 0. The van der Waals surface area contributed by atoms with Gasteiger partial charge in [-0.25, -0.2) is 0 Å². The van der Waals surface area contributed by atoms with Gasteiger partial charge in [0.25, 0.3) is 0 Å². The number of piperidine rings is 1. The molecule has 2 unspecified atom stereocenters. The van der Waals surface area contributed by atoms with Gasteiger partial charge in [0.2, 0.25) is 5.89 Å². The first-order valence-electron chi connectivity index (χ1n) is 8.92. The molecule has 0 radical (unpaired) electrons. The van der Waals surface area contributed by atoms with E-state index >= 15 is 0 Å². The Hall–Kier alpha value is -1.79. The molecule has 2 heterocycles. The van der Waals surface area contributed by atoms with Crippen molar-refractivity contribution in [2.24, 2.45) is 11.8 Å². The normalized spacial score (nSPS) is 18.0. The zero-order valence-corrected chi connectivity index (χ0v) is 16.5. The third-order valence-electron chi connectivity index (χ3n) is 4.96. The van der Waals surface area contributed by atoms with Gasteiger partial charge in [-0.15, -0.1) is 12.4 Å². The van der Waals surface area contributed by atoms with Crippen LogP contribution in [0.4, 0.5) is 0 Å². The Balaban J connectivity index is 0.00000243. The van der Waals surface area contributed by atoms with Gasteiger partial charge in [0, 0.05) is 12.8 Å². The van der Waals surface area contributed by atoms with Crippen LogP contribution in [0, 0.1) is 11.8 Å². The smallest absolute Gasteiger partial charge is 0.226 e. The van der Waals surface area contributed by atoms with Crippen molar-refractivity contribution >= 4 is 12.4 Å². The van der Waals surface area contributed by atoms with E-state index in [0.29, 0.717) is 29.8 Å². The second kappa shape index (κ2) is 9.78. The fraction of sp³-hybridized carbons (Fsp3) is 0.579. The van der Waals surface area contributed by atoms with E-state index in [0.717, 1.165) is 36.7 Å². The third kappa shape index (κ3) is 5.11. The van der Waals surface area contributed by atoms with Gasteiger partial charge in [-0.3, -0.25) is 0 Å². The van der Waals surface area contributed by atoms with Crippen LogP contribution in [0.15, 0.2) is 22.7 Å². The molecule has 1 aliphatic heterocycles. The highest BCUT2D eigenvalue weighted by atomic mass is 35.5. The average Bonchev–Trinajstić information content (AvgIpc) is 3.09. The highest BCUT2D eigenvalue weighted by Crippen LogP contribution is 2.28. The number of nitrogens with zero attached hydrogens (tertiary/aromatic N) is 2. The molecule has 1 saturated heterocycles. The van der Waals surface area contributed by atoms with Crippen LogP contribution < -0.4 is 14.8 Å². The Labute approximate surface area is 161 Å². The highest BCUT2D eigenvalue weighted by molar-refractivity contribution is 5.85. The third-order valence-corrected chi connectivity index (χ3v) is 4.96. The molecule has 6 nitrogen and oxygen atoms in total. The summed E-state index contributed by atoms with van der Waals surface area (Å²) in [4.78, 5) is 4.57. The minimum absolute atomic E-state index is 0. The van der Waals surface area contributed by atoms with E-state index in [1.807, 2.05) is 18.2 Å². The van der Waals surface area contributed by atoms with E-state index in [4.69, 9.17) is 14.0 Å². The summed E-state index contributed by atoms with van der Waals surface area (Å²) >= 11 is 0. The van der Waals surface area contributed by atoms with E-state index < -0.39 is 0 Å². The number of halogens is 1. The number of rotatable bonds is 7. The molecule has 0 saturated carbocycles. The van der Waals surface area contributed by atoms with Crippen molar-refractivity contribution in [2.45, 2.75) is 32.6 Å². The molecule has 26 heavy (non-hydrogen) atoms. The van der Waals surface area contributed by atoms with E-state index in [1.54, 1.807) is 14.2 Å². The van der Waals surface area contributed by atoms with Crippen molar-refractivity contribution in [1.29, 1.82) is 0 Å². The van der Waals surface area contributed by atoms with Gasteiger partial charge in [-0.2, -0.15) is 4.98 Å². The number of benzene rings is 1. The van der Waals surface area contributed by atoms with Crippen LogP contribution in [-0.4, -0.2) is 37.4 Å². The number of aromatic nitrogens is 2. The van der Waals surface area contributed by atoms with Crippen LogP contribution >= 0.6 is 12.4 Å². The van der Waals surface area contributed by atoms with Crippen molar-refractivity contribution in [2.75, 3.05) is 27.3 Å². The summed E-state index contributed by atoms with van der Waals surface area (Å²) in [5.74, 6) is 4.10. The van der Waals surface area contributed by atoms with Gasteiger partial charge >= 0.3 is 0 Å². The molecule has 1 aromatic heterocycles. The molecular formula is C19H28ClN3O3. The second-order valence-corrected chi connectivity index (χ2v) is 6.76. The Bertz CT molecular complexity index is 686. The summed E-state index contributed by atoms with van der Waals surface area (Å²) in [7, 11) is 3.27. The molecule has 7 heteroatoms. The standard InChI is InChI=1S/C19H27N3O3.ClH/c1-13(15-5-4-8-20-12-15)9-19-21-18(22-25-19)11-14-6-7-16(23-2)17(10-14)24-3;/h6-7,10,13,15,20H,4-5,8-9,11-12H2,1-3H3;1H. The molecule has 2 atom stereocenters. The monoisotopic (exact) mass is 381 g/mol. The van der Waals surface area contributed by atoms with Gasteiger partial charge in [0.1, 0.15) is 0 Å². The van der Waals surface area contributed by atoms with Crippen LogP contribution in [-0.2, 0) is 12.8 Å². The highest BCUT2D eigenvalue weighted by Gasteiger charge is 2.22. The first-order valence-corrected chi connectivity index (χ1v) is 8.92. The Morgan fingerprint density at radius 2 is 2.08 bits per heavy atom. The predicted molar refractivity (Wildman–Crippen MR) is 102 cm³/mol. The molecule has 2 aromatic rings. The average molecular weight is 382 g/mol. The molecule has 1 fully saturated rings. The van der Waals surface area contributed by atoms with E-state index in [2.05, 4.69) is 22.4 Å². The maximum Gasteiger partial charge on any atom is 0.226 e. The topological polar surface area (TPSA) is 69.4 Å². The first kappa shape index (κ1) is 20.5. The SMILES string of the molecule is COc1ccc(Cc2noc(CC(C)C3CCCNC3)n2)cc1OC.Cl. The molecule has 1 aliphatic rings. The van der Waals surface area contributed by atoms with E-state index in [-0.39, 0.29) is 12.4 Å². The zero-order chi connectivity index (χ0) is 17.6. The van der Waals surface area contributed by atoms with Gasteiger partial charge in [-0.05, 0) is 55.5 Å². The summed E-state index contributed by atoms with van der Waals surface area (Å²) in [5.41, 5.74) is 1.06. The van der Waals surface area contributed by atoms with Crippen LogP contribution in [0.3, 0.4) is 0 Å². The van der Waals surface area contributed by atoms with Crippen LogP contribution in [0.1, 0.15) is 37.0 Å². The van der Waals surface area contributed by atoms with E-state index in [1.165, 1.54) is 12.8 Å². The largest absolute Gasteiger partial charge is 0.493 e. The molecule has 144 valence electrons. The quantitative estimate of drug-likeness (QED) is 0.793. The summed E-state index contributed by atoms with van der Waals surface area (Å²) in [5, 5.41) is 7.60. The molecule has 1 N–H and O–H groups in total. The van der Waals surface area contributed by atoms with Gasteiger partial charge in [0.05, 0.1) is 14.2 Å². The molecule has 1 aromatic carbocycles.